The molecule has 0 aliphatic heterocycles. The summed E-state index contributed by atoms with van der Waals surface area (Å²) in [5.41, 5.74) is 2.39. The van der Waals surface area contributed by atoms with Crippen LogP contribution in [0.2, 0.25) is 0 Å². The van der Waals surface area contributed by atoms with Crippen molar-refractivity contribution in [3.63, 3.8) is 0 Å². The SMILES string of the molecule is CCc1csc(=Nc2ccccc2)n1CC.[O-][Cl+3]([O-])([O-])O. The fraction of sp³-hybridized carbons (Fsp3) is 0.308. The zero-order valence-corrected chi connectivity index (χ0v) is 13.3. The Labute approximate surface area is 129 Å². The maximum Gasteiger partial charge on any atom is 0.190 e. The van der Waals surface area contributed by atoms with Crippen molar-refractivity contribution in [1.82, 2.24) is 4.57 Å². The smallest absolute Gasteiger partial charge is 0.190 e. The molecule has 0 fully saturated rings. The third-order valence-corrected chi connectivity index (χ3v) is 3.45. The molecule has 1 aromatic heterocycles. The van der Waals surface area contributed by atoms with Gasteiger partial charge in [-0.25, -0.2) is 4.99 Å². The summed E-state index contributed by atoms with van der Waals surface area (Å²) in [4.78, 5) is 5.75. The summed E-state index contributed by atoms with van der Waals surface area (Å²) in [6.07, 6.45) is 1.06. The normalized spacial score (nSPS) is 12.0. The van der Waals surface area contributed by atoms with E-state index in [4.69, 9.17) is 18.6 Å². The van der Waals surface area contributed by atoms with Crippen LogP contribution in [0.5, 0.6) is 0 Å². The predicted octanol–water partition coefficient (Wildman–Crippen LogP) is -0.760. The van der Waals surface area contributed by atoms with E-state index in [-0.39, 0.29) is 0 Å². The van der Waals surface area contributed by atoms with E-state index in [1.54, 1.807) is 11.3 Å². The molecule has 2 rings (SSSR count). The Bertz CT molecular complexity index is 599. The maximum atomic E-state index is 8.60. The minimum atomic E-state index is -4.69. The van der Waals surface area contributed by atoms with Crippen LogP contribution in [0.15, 0.2) is 40.7 Å². The molecular formula is C13H17ClN2O4S. The number of para-hydroxylation sites is 1. The van der Waals surface area contributed by atoms with Crippen LogP contribution >= 0.6 is 11.3 Å². The summed E-state index contributed by atoms with van der Waals surface area (Å²) in [6.45, 7) is 5.33. The molecule has 0 aliphatic carbocycles. The highest BCUT2D eigenvalue weighted by Crippen LogP contribution is 2.10. The Morgan fingerprint density at radius 3 is 2.24 bits per heavy atom. The van der Waals surface area contributed by atoms with E-state index >= 15 is 0 Å². The Morgan fingerprint density at radius 2 is 1.76 bits per heavy atom. The topological polar surface area (TPSA) is 107 Å². The van der Waals surface area contributed by atoms with E-state index in [9.17, 15) is 0 Å². The lowest BCUT2D eigenvalue weighted by atomic mass is 10.3. The first-order valence-corrected chi connectivity index (χ1v) is 8.39. The van der Waals surface area contributed by atoms with Gasteiger partial charge in [0.15, 0.2) is 4.80 Å². The molecule has 8 heteroatoms. The molecule has 0 aliphatic rings. The molecule has 0 radical (unpaired) electrons. The highest BCUT2D eigenvalue weighted by Gasteiger charge is 2.01. The molecule has 2 aromatic rings. The fourth-order valence-corrected chi connectivity index (χ4v) is 2.75. The zero-order chi connectivity index (χ0) is 15.9. The summed E-state index contributed by atoms with van der Waals surface area (Å²) in [7, 11) is -4.69. The van der Waals surface area contributed by atoms with E-state index in [1.165, 1.54) is 5.69 Å². The van der Waals surface area contributed by atoms with Crippen LogP contribution in [-0.2, 0) is 13.0 Å². The lowest BCUT2D eigenvalue weighted by Gasteiger charge is -2.03. The molecule has 0 bridgehead atoms. The van der Waals surface area contributed by atoms with Gasteiger partial charge in [0.25, 0.3) is 0 Å². The van der Waals surface area contributed by atoms with Gasteiger partial charge in [-0.05, 0) is 25.5 Å². The molecule has 0 saturated heterocycles. The van der Waals surface area contributed by atoms with Crippen molar-refractivity contribution in [2.45, 2.75) is 26.8 Å². The van der Waals surface area contributed by atoms with Gasteiger partial charge in [-0.1, -0.05) is 25.1 Å². The second-order valence-electron chi connectivity index (χ2n) is 3.95. The van der Waals surface area contributed by atoms with Crippen molar-refractivity contribution in [3.05, 3.63) is 46.2 Å². The summed E-state index contributed by atoms with van der Waals surface area (Å²) in [6, 6.07) is 10.1. The lowest BCUT2D eigenvalue weighted by Crippen LogP contribution is -2.58. The molecule has 116 valence electrons. The van der Waals surface area contributed by atoms with Gasteiger partial charge in [0.05, 0.1) is 20.6 Å². The first-order chi connectivity index (χ1) is 9.85. The minimum absolute atomic E-state index is 0.984. The number of aromatic nitrogens is 1. The Kier molecular flexibility index (Phi) is 7.03. The van der Waals surface area contributed by atoms with E-state index in [0.717, 1.165) is 23.5 Å². The van der Waals surface area contributed by atoms with E-state index in [2.05, 4.69) is 28.8 Å². The van der Waals surface area contributed by atoms with Gasteiger partial charge in [-0.2, -0.15) is 14.0 Å². The van der Waals surface area contributed by atoms with Crippen molar-refractivity contribution in [2.75, 3.05) is 0 Å². The molecule has 0 spiro atoms. The Morgan fingerprint density at radius 1 is 1.19 bits per heavy atom. The van der Waals surface area contributed by atoms with Crippen molar-refractivity contribution in [3.8, 4) is 0 Å². The summed E-state index contributed by atoms with van der Waals surface area (Å²) in [5, 5.41) is 2.20. The summed E-state index contributed by atoms with van der Waals surface area (Å²) >= 11 is 1.72. The third kappa shape index (κ3) is 6.85. The molecule has 21 heavy (non-hydrogen) atoms. The second-order valence-corrected chi connectivity index (χ2v) is 5.58. The number of aryl methyl sites for hydroxylation is 1. The van der Waals surface area contributed by atoms with Crippen LogP contribution in [0.3, 0.4) is 0 Å². The van der Waals surface area contributed by atoms with Crippen molar-refractivity contribution >= 4 is 17.0 Å². The molecule has 1 heterocycles. The Balaban J connectivity index is 0.000000383. The van der Waals surface area contributed by atoms with E-state index < -0.39 is 10.2 Å². The largest absolute Gasteiger partial charge is 0.321 e. The van der Waals surface area contributed by atoms with Gasteiger partial charge in [0.2, 0.25) is 0 Å². The molecule has 6 nitrogen and oxygen atoms in total. The van der Waals surface area contributed by atoms with Crippen molar-refractivity contribution < 1.29 is 28.9 Å². The van der Waals surface area contributed by atoms with Crippen LogP contribution < -0.4 is 18.8 Å². The fourth-order valence-electron chi connectivity index (χ4n) is 1.68. The van der Waals surface area contributed by atoms with Crippen molar-refractivity contribution in [1.29, 1.82) is 0 Å². The average Bonchev–Trinajstić information content (AvgIpc) is 2.80. The zero-order valence-electron chi connectivity index (χ0n) is 11.7. The summed E-state index contributed by atoms with van der Waals surface area (Å²) < 4.78 is 35.0. The van der Waals surface area contributed by atoms with Crippen LogP contribution in [0.1, 0.15) is 19.5 Å². The van der Waals surface area contributed by atoms with Crippen LogP contribution in [-0.4, -0.2) is 9.23 Å². The number of benzene rings is 1. The molecule has 1 N–H and O–H groups in total. The highest BCUT2D eigenvalue weighted by molar-refractivity contribution is 7.07. The van der Waals surface area contributed by atoms with Gasteiger partial charge in [-0.3, -0.25) is 0 Å². The number of hydrogen-bond donors (Lipinski definition) is 1. The van der Waals surface area contributed by atoms with Crippen LogP contribution in [0.25, 0.3) is 0 Å². The molecular weight excluding hydrogens is 316 g/mol. The maximum absolute atomic E-state index is 8.60. The number of hydrogen-bond acceptors (Lipinski definition) is 6. The lowest BCUT2D eigenvalue weighted by molar-refractivity contribution is -1.92. The van der Waals surface area contributed by atoms with Gasteiger partial charge in [-0.15, -0.1) is 11.3 Å². The molecule has 0 atom stereocenters. The van der Waals surface area contributed by atoms with Gasteiger partial charge in [0, 0.05) is 17.6 Å². The number of thiazole rings is 1. The average molecular weight is 333 g/mol. The first-order valence-electron chi connectivity index (χ1n) is 6.25. The summed E-state index contributed by atoms with van der Waals surface area (Å²) in [5.74, 6) is 0. The molecule has 0 amide bonds. The second kappa shape index (κ2) is 8.28. The molecule has 0 saturated carbocycles. The van der Waals surface area contributed by atoms with Crippen molar-refractivity contribution in [2.24, 2.45) is 4.99 Å². The predicted molar refractivity (Wildman–Crippen MR) is 71.2 cm³/mol. The van der Waals surface area contributed by atoms with Crippen LogP contribution in [0, 0.1) is 10.2 Å². The number of nitrogens with zero attached hydrogens (tertiary/aromatic N) is 2. The highest BCUT2D eigenvalue weighted by atomic mass is 35.7. The van der Waals surface area contributed by atoms with E-state index in [1.807, 2.05) is 30.3 Å². The minimum Gasteiger partial charge on any atom is -0.321 e. The number of rotatable bonds is 3. The third-order valence-electron chi connectivity index (χ3n) is 2.54. The van der Waals surface area contributed by atoms with Gasteiger partial charge >= 0.3 is 0 Å². The Hall–Kier alpha value is -1.22. The van der Waals surface area contributed by atoms with Gasteiger partial charge in [0.1, 0.15) is 0 Å². The quantitative estimate of drug-likeness (QED) is 0.797. The van der Waals surface area contributed by atoms with Gasteiger partial charge < -0.3 is 4.57 Å². The standard InChI is InChI=1S/C13H16N2S.ClHO4/c1-3-12-10-16-13(15(12)4-2)14-11-8-6-5-7-9-11;2-1(3,4)5/h5-10H,3-4H2,1-2H3;(H,2,3,4,5). The van der Waals surface area contributed by atoms with Crippen LogP contribution in [0.4, 0.5) is 5.69 Å². The van der Waals surface area contributed by atoms with E-state index in [0.29, 0.717) is 0 Å². The monoisotopic (exact) mass is 332 g/mol. The first kappa shape index (κ1) is 17.8. The number of halogens is 1. The molecule has 0 unspecified atom stereocenters. The molecule has 1 aromatic carbocycles.